The number of aryl methyl sites for hydroxylation is 2. The van der Waals surface area contributed by atoms with Crippen molar-refractivity contribution < 1.29 is 19.8 Å². The molecule has 0 aliphatic carbocycles. The predicted octanol–water partition coefficient (Wildman–Crippen LogP) is 4.26. The molecule has 3 heterocycles. The fourth-order valence-electron chi connectivity index (χ4n) is 3.80. The maximum Gasteiger partial charge on any atom is 0.335 e. The third-order valence-corrected chi connectivity index (χ3v) is 6.48. The Labute approximate surface area is 202 Å². The van der Waals surface area contributed by atoms with Gasteiger partial charge in [-0.1, -0.05) is 12.1 Å². The minimum atomic E-state index is -1.01. The van der Waals surface area contributed by atoms with Crippen LogP contribution in [0.1, 0.15) is 32.4 Å². The van der Waals surface area contributed by atoms with Crippen LogP contribution in [0.5, 0.6) is 0 Å². The standard InChI is InChI=1S/C24H18N6O4S/c1-13-25-27-21(29(13)17-7-3-5-15(11-17)23(31)32)19-9-10-20(35-19)22-28-26-14(2)30(22)18-8-4-6-16(12-18)24(33)34/h3-12H,1-2H3,(H,31,32)(H,33,34). The molecule has 174 valence electrons. The van der Waals surface area contributed by atoms with Crippen LogP contribution in [-0.4, -0.2) is 51.7 Å². The number of hydrogen-bond donors (Lipinski definition) is 2. The van der Waals surface area contributed by atoms with Gasteiger partial charge in [0.05, 0.1) is 20.9 Å². The van der Waals surface area contributed by atoms with Crippen LogP contribution < -0.4 is 0 Å². The topological polar surface area (TPSA) is 136 Å². The van der Waals surface area contributed by atoms with Gasteiger partial charge in [0.15, 0.2) is 11.6 Å². The lowest BCUT2D eigenvalue weighted by Crippen LogP contribution is -2.03. The van der Waals surface area contributed by atoms with E-state index in [2.05, 4.69) is 20.4 Å². The van der Waals surface area contributed by atoms with Crippen LogP contribution in [0.2, 0.25) is 0 Å². The Morgan fingerprint density at radius 3 is 1.51 bits per heavy atom. The Hall–Kier alpha value is -4.64. The van der Waals surface area contributed by atoms with Crippen molar-refractivity contribution in [3.05, 3.63) is 83.4 Å². The summed E-state index contributed by atoms with van der Waals surface area (Å²) in [6.07, 6.45) is 0. The molecule has 10 nitrogen and oxygen atoms in total. The molecule has 2 N–H and O–H groups in total. The van der Waals surface area contributed by atoms with E-state index in [1.54, 1.807) is 59.4 Å². The van der Waals surface area contributed by atoms with Crippen LogP contribution in [-0.2, 0) is 0 Å². The van der Waals surface area contributed by atoms with Crippen molar-refractivity contribution in [3.63, 3.8) is 0 Å². The van der Waals surface area contributed by atoms with E-state index in [9.17, 15) is 19.8 Å². The third-order valence-electron chi connectivity index (χ3n) is 5.40. The van der Waals surface area contributed by atoms with Gasteiger partial charge in [0.25, 0.3) is 0 Å². The molecule has 0 saturated carbocycles. The van der Waals surface area contributed by atoms with Gasteiger partial charge in [-0.15, -0.1) is 31.7 Å². The molecule has 11 heteroatoms. The summed E-state index contributed by atoms with van der Waals surface area (Å²) in [5.41, 5.74) is 1.62. The van der Waals surface area contributed by atoms with E-state index >= 15 is 0 Å². The van der Waals surface area contributed by atoms with Gasteiger partial charge in [-0.25, -0.2) is 9.59 Å². The molecule has 0 saturated heterocycles. The van der Waals surface area contributed by atoms with Gasteiger partial charge in [-0.05, 0) is 62.4 Å². The zero-order chi connectivity index (χ0) is 24.7. The molecule has 5 aromatic rings. The summed E-state index contributed by atoms with van der Waals surface area (Å²) < 4.78 is 3.60. The first-order chi connectivity index (χ1) is 16.8. The molecule has 0 aliphatic rings. The van der Waals surface area contributed by atoms with Crippen LogP contribution in [0, 0.1) is 13.8 Å². The zero-order valence-corrected chi connectivity index (χ0v) is 19.4. The smallest absolute Gasteiger partial charge is 0.335 e. The summed E-state index contributed by atoms with van der Waals surface area (Å²) in [6, 6.07) is 17.0. The second kappa shape index (κ2) is 8.61. The molecule has 3 aromatic heterocycles. The van der Waals surface area contributed by atoms with Crippen molar-refractivity contribution >= 4 is 23.3 Å². The molecule has 0 amide bonds. The highest BCUT2D eigenvalue weighted by atomic mass is 32.1. The number of thiophene rings is 1. The lowest BCUT2D eigenvalue weighted by molar-refractivity contribution is 0.0686. The molecule has 0 bridgehead atoms. The fourth-order valence-corrected chi connectivity index (χ4v) is 4.75. The summed E-state index contributed by atoms with van der Waals surface area (Å²) in [4.78, 5) is 24.5. The lowest BCUT2D eigenvalue weighted by atomic mass is 10.2. The fraction of sp³-hybridized carbons (Fsp3) is 0.0833. The van der Waals surface area contributed by atoms with Gasteiger partial charge in [0, 0.05) is 11.4 Å². The molecule has 2 aromatic carbocycles. The average molecular weight is 487 g/mol. The quantitative estimate of drug-likeness (QED) is 0.363. The Morgan fingerprint density at radius 2 is 1.11 bits per heavy atom. The van der Waals surface area contributed by atoms with Crippen LogP contribution in [0.4, 0.5) is 0 Å². The number of carboxylic acids is 2. The van der Waals surface area contributed by atoms with Crippen molar-refractivity contribution in [2.45, 2.75) is 13.8 Å². The molecule has 35 heavy (non-hydrogen) atoms. The zero-order valence-electron chi connectivity index (χ0n) is 18.6. The van der Waals surface area contributed by atoms with Crippen molar-refractivity contribution in [1.29, 1.82) is 0 Å². The molecule has 0 aliphatic heterocycles. The molecule has 0 atom stereocenters. The van der Waals surface area contributed by atoms with Gasteiger partial charge < -0.3 is 10.2 Å². The van der Waals surface area contributed by atoms with Gasteiger partial charge in [0.2, 0.25) is 0 Å². The van der Waals surface area contributed by atoms with Crippen molar-refractivity contribution in [2.75, 3.05) is 0 Å². The number of carboxylic acid groups (broad SMARTS) is 2. The average Bonchev–Trinajstić information content (AvgIpc) is 3.57. The molecule has 0 unspecified atom stereocenters. The van der Waals surface area contributed by atoms with Crippen LogP contribution >= 0.6 is 11.3 Å². The minimum absolute atomic E-state index is 0.167. The van der Waals surface area contributed by atoms with E-state index < -0.39 is 11.9 Å². The van der Waals surface area contributed by atoms with Crippen molar-refractivity contribution in [2.24, 2.45) is 0 Å². The van der Waals surface area contributed by atoms with Crippen molar-refractivity contribution in [1.82, 2.24) is 29.5 Å². The minimum Gasteiger partial charge on any atom is -0.478 e. The normalized spacial score (nSPS) is 11.0. The molecular formula is C24H18N6O4S. The van der Waals surface area contributed by atoms with Gasteiger partial charge >= 0.3 is 11.9 Å². The van der Waals surface area contributed by atoms with E-state index in [1.807, 2.05) is 12.1 Å². The largest absolute Gasteiger partial charge is 0.478 e. The monoisotopic (exact) mass is 486 g/mol. The maximum atomic E-state index is 11.4. The summed E-state index contributed by atoms with van der Waals surface area (Å²) in [5, 5.41) is 35.8. The third kappa shape index (κ3) is 3.97. The van der Waals surface area contributed by atoms with Crippen LogP contribution in [0.15, 0.2) is 60.7 Å². The number of nitrogens with zero attached hydrogens (tertiary/aromatic N) is 6. The Kier molecular flexibility index (Phi) is 5.46. The number of benzene rings is 2. The van der Waals surface area contributed by atoms with E-state index in [4.69, 9.17) is 0 Å². The van der Waals surface area contributed by atoms with Gasteiger partial charge in [-0.2, -0.15) is 0 Å². The van der Waals surface area contributed by atoms with E-state index in [-0.39, 0.29) is 11.1 Å². The first-order valence-corrected chi connectivity index (χ1v) is 11.3. The van der Waals surface area contributed by atoms with Crippen molar-refractivity contribution in [3.8, 4) is 32.8 Å². The summed E-state index contributed by atoms with van der Waals surface area (Å²) >= 11 is 1.43. The van der Waals surface area contributed by atoms with Gasteiger partial charge in [-0.3, -0.25) is 9.13 Å². The summed E-state index contributed by atoms with van der Waals surface area (Å²) in [5.74, 6) is 0.330. The summed E-state index contributed by atoms with van der Waals surface area (Å²) in [7, 11) is 0. The highest BCUT2D eigenvalue weighted by Crippen LogP contribution is 2.35. The Bertz CT molecular complexity index is 1480. The maximum absolute atomic E-state index is 11.4. The van der Waals surface area contributed by atoms with Crippen LogP contribution in [0.3, 0.4) is 0 Å². The molecule has 0 radical (unpaired) electrons. The number of rotatable bonds is 6. The SMILES string of the molecule is Cc1nnc(-c2ccc(-c3nnc(C)n3-c3cccc(C(=O)O)c3)s2)n1-c1cccc(C(=O)O)c1. The van der Waals surface area contributed by atoms with Gasteiger partial charge in [0.1, 0.15) is 11.6 Å². The Balaban J connectivity index is 1.58. The summed E-state index contributed by atoms with van der Waals surface area (Å²) in [6.45, 7) is 3.60. The molecular weight excluding hydrogens is 468 g/mol. The molecule has 5 rings (SSSR count). The lowest BCUT2D eigenvalue weighted by Gasteiger charge is -2.09. The Morgan fingerprint density at radius 1 is 0.686 bits per heavy atom. The first-order valence-electron chi connectivity index (χ1n) is 10.5. The molecule has 0 fully saturated rings. The van der Waals surface area contributed by atoms with E-state index in [0.29, 0.717) is 34.7 Å². The number of carbonyl (C=O) groups is 2. The second-order valence-corrected chi connectivity index (χ2v) is 8.77. The van der Waals surface area contributed by atoms with Crippen LogP contribution in [0.25, 0.3) is 32.8 Å². The second-order valence-electron chi connectivity index (χ2n) is 7.69. The van der Waals surface area contributed by atoms with E-state index in [1.165, 1.54) is 23.5 Å². The van der Waals surface area contributed by atoms with E-state index in [0.717, 1.165) is 9.75 Å². The predicted molar refractivity (Wildman–Crippen MR) is 128 cm³/mol. The molecule has 0 spiro atoms. The highest BCUT2D eigenvalue weighted by Gasteiger charge is 2.20. The first kappa shape index (κ1) is 22.2. The highest BCUT2D eigenvalue weighted by molar-refractivity contribution is 7.18. The number of hydrogen-bond acceptors (Lipinski definition) is 7. The number of aromatic nitrogens is 6. The number of aromatic carboxylic acids is 2.